The maximum absolute atomic E-state index is 13.5. The summed E-state index contributed by atoms with van der Waals surface area (Å²) < 4.78 is 59.6. The van der Waals surface area contributed by atoms with E-state index in [0.29, 0.717) is 0 Å². The molecule has 0 radical (unpaired) electrons. The number of hydrogen-bond acceptors (Lipinski definition) is 3. The van der Waals surface area contributed by atoms with Gasteiger partial charge in [-0.1, -0.05) is 0 Å². The summed E-state index contributed by atoms with van der Waals surface area (Å²) in [5.41, 5.74) is -0.721. The lowest BCUT2D eigenvalue weighted by Crippen LogP contribution is -2.12. The molecule has 0 aromatic heterocycles. The summed E-state index contributed by atoms with van der Waals surface area (Å²) in [5.74, 6) is -3.03. The molecular formula is C12H12F4O3. The van der Waals surface area contributed by atoms with Crippen LogP contribution in [-0.4, -0.2) is 32.5 Å². The van der Waals surface area contributed by atoms with Gasteiger partial charge in [-0.25, -0.2) is 17.6 Å². The van der Waals surface area contributed by atoms with Gasteiger partial charge in [0.25, 0.3) is 6.43 Å². The summed E-state index contributed by atoms with van der Waals surface area (Å²) in [7, 11) is 1.23. The Hall–Kier alpha value is -1.63. The number of rotatable bonds is 7. The Labute approximate surface area is 107 Å². The molecule has 0 aliphatic carbocycles. The Kier molecular flexibility index (Phi) is 5.75. The molecule has 0 N–H and O–H groups in total. The highest BCUT2D eigenvalue weighted by Crippen LogP contribution is 2.21. The normalized spacial score (nSPS) is 10.8. The molecule has 7 heteroatoms. The van der Waals surface area contributed by atoms with E-state index in [1.807, 2.05) is 0 Å². The molecule has 3 nitrogen and oxygen atoms in total. The lowest BCUT2D eigenvalue weighted by molar-refractivity contribution is 0.0169. The fourth-order valence-electron chi connectivity index (χ4n) is 1.40. The number of alkyl halides is 2. The first kappa shape index (κ1) is 15.4. The zero-order valence-electron chi connectivity index (χ0n) is 10.1. The van der Waals surface area contributed by atoms with Gasteiger partial charge in [0.1, 0.15) is 24.0 Å². The average Bonchev–Trinajstić information content (AvgIpc) is 2.33. The summed E-state index contributed by atoms with van der Waals surface area (Å²) in [4.78, 5) is 11.5. The average molecular weight is 280 g/mol. The van der Waals surface area contributed by atoms with Gasteiger partial charge in [-0.3, -0.25) is 4.79 Å². The van der Waals surface area contributed by atoms with Crippen LogP contribution in [0.5, 0.6) is 5.75 Å². The van der Waals surface area contributed by atoms with Crippen molar-refractivity contribution in [3.05, 3.63) is 29.3 Å². The van der Waals surface area contributed by atoms with E-state index in [0.717, 1.165) is 12.1 Å². The van der Waals surface area contributed by atoms with Gasteiger partial charge >= 0.3 is 0 Å². The van der Waals surface area contributed by atoms with E-state index in [1.165, 1.54) is 7.11 Å². The van der Waals surface area contributed by atoms with Crippen molar-refractivity contribution in [2.75, 3.05) is 20.3 Å². The third-order valence-electron chi connectivity index (χ3n) is 2.25. The zero-order valence-corrected chi connectivity index (χ0v) is 10.1. The molecule has 0 spiro atoms. The lowest BCUT2D eigenvalue weighted by atomic mass is 10.1. The molecule has 0 unspecified atom stereocenters. The van der Waals surface area contributed by atoms with Crippen LogP contribution in [0.15, 0.2) is 12.1 Å². The van der Waals surface area contributed by atoms with Crippen LogP contribution in [-0.2, 0) is 4.74 Å². The molecule has 106 valence electrons. The van der Waals surface area contributed by atoms with Crippen LogP contribution < -0.4 is 4.74 Å². The fraction of sp³-hybridized carbons (Fsp3) is 0.417. The van der Waals surface area contributed by atoms with Gasteiger partial charge in [0.15, 0.2) is 5.78 Å². The molecule has 0 aliphatic heterocycles. The number of ether oxygens (including phenoxy) is 2. The molecular weight excluding hydrogens is 268 g/mol. The van der Waals surface area contributed by atoms with Crippen LogP contribution in [0.25, 0.3) is 0 Å². The minimum absolute atomic E-state index is 0.0551. The third kappa shape index (κ3) is 4.51. The minimum atomic E-state index is -2.65. The number of methoxy groups -OCH3 is 1. The summed E-state index contributed by atoms with van der Waals surface area (Å²) in [6.45, 7) is -1.14. The molecule has 1 aromatic rings. The summed E-state index contributed by atoms with van der Waals surface area (Å²) >= 11 is 0. The number of ketones is 1. The molecule has 0 fully saturated rings. The monoisotopic (exact) mass is 280 g/mol. The Morgan fingerprint density at radius 1 is 1.26 bits per heavy atom. The van der Waals surface area contributed by atoms with E-state index >= 15 is 0 Å². The van der Waals surface area contributed by atoms with E-state index in [1.54, 1.807) is 0 Å². The smallest absolute Gasteiger partial charge is 0.261 e. The maximum Gasteiger partial charge on any atom is 0.261 e. The Balaban J connectivity index is 2.67. The highest BCUT2D eigenvalue weighted by Gasteiger charge is 2.19. The molecule has 0 amide bonds. The zero-order chi connectivity index (χ0) is 14.4. The summed E-state index contributed by atoms with van der Waals surface area (Å²) in [6.07, 6.45) is -3.03. The first-order valence-corrected chi connectivity index (χ1v) is 5.37. The van der Waals surface area contributed by atoms with E-state index in [4.69, 9.17) is 0 Å². The Morgan fingerprint density at radius 3 is 2.32 bits per heavy atom. The summed E-state index contributed by atoms with van der Waals surface area (Å²) in [6, 6.07) is 1.74. The van der Waals surface area contributed by atoms with Crippen molar-refractivity contribution in [2.24, 2.45) is 0 Å². The van der Waals surface area contributed by atoms with Crippen LogP contribution in [0, 0.1) is 11.6 Å². The minimum Gasteiger partial charge on any atom is -0.497 e. The molecule has 0 saturated carbocycles. The Bertz CT molecular complexity index is 426. The number of halogens is 4. The van der Waals surface area contributed by atoms with Crippen molar-refractivity contribution in [3.8, 4) is 5.75 Å². The van der Waals surface area contributed by atoms with Crippen molar-refractivity contribution in [3.63, 3.8) is 0 Å². The second kappa shape index (κ2) is 7.08. The van der Waals surface area contributed by atoms with Gasteiger partial charge in [-0.15, -0.1) is 0 Å². The number of hydrogen-bond donors (Lipinski definition) is 0. The predicted molar refractivity (Wildman–Crippen MR) is 58.7 cm³/mol. The van der Waals surface area contributed by atoms with E-state index in [9.17, 15) is 22.4 Å². The molecule has 0 heterocycles. The largest absolute Gasteiger partial charge is 0.497 e. The molecule has 1 aromatic carbocycles. The van der Waals surface area contributed by atoms with E-state index < -0.39 is 36.0 Å². The number of carbonyl (C=O) groups excluding carboxylic acids is 1. The van der Waals surface area contributed by atoms with E-state index in [-0.39, 0.29) is 18.8 Å². The molecule has 1 rings (SSSR count). The van der Waals surface area contributed by atoms with Crippen LogP contribution >= 0.6 is 0 Å². The molecule has 19 heavy (non-hydrogen) atoms. The van der Waals surface area contributed by atoms with Crippen molar-refractivity contribution in [2.45, 2.75) is 12.8 Å². The van der Waals surface area contributed by atoms with Crippen molar-refractivity contribution in [1.82, 2.24) is 0 Å². The van der Waals surface area contributed by atoms with Crippen molar-refractivity contribution >= 4 is 5.78 Å². The van der Waals surface area contributed by atoms with Crippen molar-refractivity contribution < 1.29 is 31.8 Å². The van der Waals surface area contributed by atoms with Crippen LogP contribution in [0.2, 0.25) is 0 Å². The number of Topliss-reactive ketones (excluding diaryl/α,β-unsaturated/α-hetero) is 1. The van der Waals surface area contributed by atoms with Crippen LogP contribution in [0.3, 0.4) is 0 Å². The number of benzene rings is 1. The molecule has 0 bridgehead atoms. The van der Waals surface area contributed by atoms with Gasteiger partial charge in [-0.2, -0.15) is 0 Å². The molecule has 0 saturated heterocycles. The predicted octanol–water partition coefficient (Wildman–Crippen LogP) is 2.83. The van der Waals surface area contributed by atoms with Crippen LogP contribution in [0.4, 0.5) is 17.6 Å². The van der Waals surface area contributed by atoms with E-state index in [2.05, 4.69) is 9.47 Å². The second-order valence-corrected chi connectivity index (χ2v) is 3.61. The topological polar surface area (TPSA) is 35.5 Å². The highest BCUT2D eigenvalue weighted by molar-refractivity contribution is 5.96. The first-order chi connectivity index (χ1) is 8.95. The molecule has 0 atom stereocenters. The van der Waals surface area contributed by atoms with Crippen LogP contribution in [0.1, 0.15) is 16.8 Å². The fourth-order valence-corrected chi connectivity index (χ4v) is 1.40. The highest BCUT2D eigenvalue weighted by atomic mass is 19.3. The second-order valence-electron chi connectivity index (χ2n) is 3.61. The summed E-state index contributed by atoms with van der Waals surface area (Å²) in [5, 5.41) is 0. The Morgan fingerprint density at radius 2 is 1.84 bits per heavy atom. The maximum atomic E-state index is 13.5. The van der Waals surface area contributed by atoms with Gasteiger partial charge in [0.05, 0.1) is 19.3 Å². The van der Waals surface area contributed by atoms with Gasteiger partial charge in [-0.05, 0) is 0 Å². The van der Waals surface area contributed by atoms with Gasteiger partial charge < -0.3 is 9.47 Å². The van der Waals surface area contributed by atoms with Gasteiger partial charge in [0, 0.05) is 18.6 Å². The first-order valence-electron chi connectivity index (χ1n) is 5.37. The van der Waals surface area contributed by atoms with Crippen molar-refractivity contribution in [1.29, 1.82) is 0 Å². The quantitative estimate of drug-likeness (QED) is 0.437. The molecule has 0 aliphatic rings. The van der Waals surface area contributed by atoms with Gasteiger partial charge in [0.2, 0.25) is 0 Å². The lowest BCUT2D eigenvalue weighted by Gasteiger charge is -2.07. The standard InChI is InChI=1S/C12H12F4O3/c1-18-7-4-8(13)12(9(14)5-7)10(17)2-3-19-6-11(15)16/h4-5,11H,2-3,6H2,1H3. The SMILES string of the molecule is COc1cc(F)c(C(=O)CCOCC(F)F)c(F)c1. The third-order valence-corrected chi connectivity index (χ3v) is 2.25. The number of carbonyl (C=O) groups is 1.